The lowest BCUT2D eigenvalue weighted by Gasteiger charge is -2.26. The number of halogens is 1. The third-order valence-electron chi connectivity index (χ3n) is 3.66. The first kappa shape index (κ1) is 17.5. The zero-order valence-corrected chi connectivity index (χ0v) is 13.6. The van der Waals surface area contributed by atoms with Gasteiger partial charge >= 0.3 is 0 Å². The summed E-state index contributed by atoms with van der Waals surface area (Å²) in [6.45, 7) is 3.25. The number of hydrogen-bond acceptors (Lipinski definition) is 3. The van der Waals surface area contributed by atoms with Crippen molar-refractivity contribution < 1.29 is 4.79 Å². The second-order valence-corrected chi connectivity index (χ2v) is 5.62. The Morgan fingerprint density at radius 2 is 2.10 bits per heavy atom. The molecule has 21 heavy (non-hydrogen) atoms. The first-order valence-electron chi connectivity index (χ1n) is 7.02. The summed E-state index contributed by atoms with van der Waals surface area (Å²) in [5.74, 6) is 0.0652. The Balaban J connectivity index is 2.48. The van der Waals surface area contributed by atoms with Crippen molar-refractivity contribution in [1.82, 2.24) is 9.80 Å². The largest absolute Gasteiger partial charge is 0.345 e. The molecule has 0 aliphatic rings. The van der Waals surface area contributed by atoms with Gasteiger partial charge in [0.15, 0.2) is 0 Å². The summed E-state index contributed by atoms with van der Waals surface area (Å²) in [7, 11) is 3.73. The Morgan fingerprint density at radius 3 is 2.71 bits per heavy atom. The van der Waals surface area contributed by atoms with Crippen molar-refractivity contribution in [2.24, 2.45) is 0 Å². The summed E-state index contributed by atoms with van der Waals surface area (Å²) in [5, 5.41) is 9.25. The zero-order valence-electron chi connectivity index (χ0n) is 12.8. The second-order valence-electron chi connectivity index (χ2n) is 5.18. The molecule has 0 aliphatic carbocycles. The molecule has 0 aliphatic heterocycles. The van der Waals surface area contributed by atoms with Crippen LogP contribution in [0.5, 0.6) is 0 Å². The maximum Gasteiger partial charge on any atom is 0.223 e. The summed E-state index contributed by atoms with van der Waals surface area (Å²) in [4.78, 5) is 15.7. The average Bonchev–Trinajstić information content (AvgIpc) is 2.48. The van der Waals surface area contributed by atoms with Gasteiger partial charge in [-0.2, -0.15) is 5.26 Å². The first-order chi connectivity index (χ1) is 9.95. The van der Waals surface area contributed by atoms with Crippen LogP contribution in [-0.2, 0) is 4.79 Å². The lowest BCUT2D eigenvalue weighted by Crippen LogP contribution is -2.32. The van der Waals surface area contributed by atoms with Crippen molar-refractivity contribution in [3.63, 3.8) is 0 Å². The lowest BCUT2D eigenvalue weighted by molar-refractivity contribution is -0.130. The van der Waals surface area contributed by atoms with E-state index < -0.39 is 0 Å². The molecule has 0 spiro atoms. The van der Waals surface area contributed by atoms with E-state index in [1.807, 2.05) is 37.4 Å². The zero-order chi connectivity index (χ0) is 15.8. The molecule has 0 saturated carbocycles. The van der Waals surface area contributed by atoms with Gasteiger partial charge in [0.05, 0.1) is 12.5 Å². The van der Waals surface area contributed by atoms with Gasteiger partial charge in [-0.1, -0.05) is 23.7 Å². The van der Waals surface area contributed by atoms with Crippen LogP contribution in [0.1, 0.15) is 31.4 Å². The highest BCUT2D eigenvalue weighted by Gasteiger charge is 2.15. The van der Waals surface area contributed by atoms with Crippen LogP contribution in [-0.4, -0.2) is 42.9 Å². The highest BCUT2D eigenvalue weighted by Crippen LogP contribution is 2.21. The van der Waals surface area contributed by atoms with Crippen molar-refractivity contribution in [2.45, 2.75) is 25.8 Å². The van der Waals surface area contributed by atoms with Crippen molar-refractivity contribution >= 4 is 17.5 Å². The number of hydrogen-bond donors (Lipinski definition) is 0. The van der Waals surface area contributed by atoms with Gasteiger partial charge in [0.1, 0.15) is 0 Å². The average molecular weight is 308 g/mol. The van der Waals surface area contributed by atoms with Crippen molar-refractivity contribution in [3.05, 3.63) is 34.9 Å². The molecule has 114 valence electrons. The van der Waals surface area contributed by atoms with Crippen LogP contribution in [0.25, 0.3) is 0 Å². The molecule has 0 radical (unpaired) electrons. The molecule has 1 unspecified atom stereocenters. The van der Waals surface area contributed by atoms with Crippen LogP contribution in [0.15, 0.2) is 24.3 Å². The normalized spacial score (nSPS) is 12.0. The van der Waals surface area contributed by atoms with E-state index in [1.165, 1.54) is 0 Å². The van der Waals surface area contributed by atoms with E-state index in [-0.39, 0.29) is 11.9 Å². The monoisotopic (exact) mass is 307 g/mol. The number of amides is 1. The second kappa shape index (κ2) is 8.66. The van der Waals surface area contributed by atoms with Gasteiger partial charge in [0.2, 0.25) is 5.91 Å². The van der Waals surface area contributed by atoms with Crippen LogP contribution in [0, 0.1) is 11.3 Å². The topological polar surface area (TPSA) is 47.3 Å². The molecule has 0 saturated heterocycles. The van der Waals surface area contributed by atoms with E-state index in [0.717, 1.165) is 10.6 Å². The molecule has 4 nitrogen and oxygen atoms in total. The van der Waals surface area contributed by atoms with Gasteiger partial charge in [-0.05, 0) is 31.7 Å². The Labute approximate surface area is 131 Å². The van der Waals surface area contributed by atoms with Crippen molar-refractivity contribution in [1.29, 1.82) is 5.26 Å². The van der Waals surface area contributed by atoms with Crippen molar-refractivity contribution in [3.8, 4) is 6.07 Å². The van der Waals surface area contributed by atoms with E-state index in [4.69, 9.17) is 16.9 Å². The number of carbonyl (C=O) groups is 1. The smallest absolute Gasteiger partial charge is 0.223 e. The van der Waals surface area contributed by atoms with E-state index in [0.29, 0.717) is 25.9 Å². The van der Waals surface area contributed by atoms with E-state index >= 15 is 0 Å². The van der Waals surface area contributed by atoms with Gasteiger partial charge in [-0.25, -0.2) is 0 Å². The Bertz CT molecular complexity index is 512. The molecule has 1 aromatic rings. The molecule has 5 heteroatoms. The van der Waals surface area contributed by atoms with Crippen LogP contribution in [0.2, 0.25) is 5.02 Å². The maximum absolute atomic E-state index is 11.9. The predicted octanol–water partition coefficient (Wildman–Crippen LogP) is 3.09. The highest BCUT2D eigenvalue weighted by atomic mass is 35.5. The van der Waals surface area contributed by atoms with Gasteiger partial charge < -0.3 is 4.90 Å². The standard InChI is InChI=1S/C16H22ClN3O/c1-13(14-6-4-7-15(17)12-14)19(2)11-8-16(21)20(3)10-5-9-18/h4,6-7,12-13H,5,8,10-11H2,1-3H3. The molecular weight excluding hydrogens is 286 g/mol. The summed E-state index contributed by atoms with van der Waals surface area (Å²) in [6.07, 6.45) is 0.820. The summed E-state index contributed by atoms with van der Waals surface area (Å²) >= 11 is 6.01. The van der Waals surface area contributed by atoms with Gasteiger partial charge in [-0.3, -0.25) is 9.69 Å². The van der Waals surface area contributed by atoms with E-state index in [2.05, 4.69) is 11.8 Å². The van der Waals surface area contributed by atoms with Crippen LogP contribution in [0.4, 0.5) is 0 Å². The van der Waals surface area contributed by atoms with Gasteiger partial charge in [0.25, 0.3) is 0 Å². The number of carbonyl (C=O) groups excluding carboxylic acids is 1. The molecule has 1 rings (SSSR count). The third-order valence-corrected chi connectivity index (χ3v) is 3.89. The number of nitrogens with zero attached hydrogens (tertiary/aromatic N) is 3. The van der Waals surface area contributed by atoms with Gasteiger partial charge in [0, 0.05) is 37.6 Å². The van der Waals surface area contributed by atoms with Crippen LogP contribution < -0.4 is 0 Å². The minimum Gasteiger partial charge on any atom is -0.345 e. The van der Waals surface area contributed by atoms with E-state index in [9.17, 15) is 4.79 Å². The molecule has 1 atom stereocenters. The quantitative estimate of drug-likeness (QED) is 0.777. The minimum absolute atomic E-state index is 0.0652. The Kier molecular flexibility index (Phi) is 7.21. The fraction of sp³-hybridized carbons (Fsp3) is 0.500. The molecule has 0 aromatic heterocycles. The number of rotatable bonds is 7. The minimum atomic E-state index is 0.0652. The maximum atomic E-state index is 11.9. The highest BCUT2D eigenvalue weighted by molar-refractivity contribution is 6.30. The Morgan fingerprint density at radius 1 is 1.38 bits per heavy atom. The molecular formula is C16H22ClN3O. The molecule has 0 fully saturated rings. The van der Waals surface area contributed by atoms with E-state index in [1.54, 1.807) is 11.9 Å². The summed E-state index contributed by atoms with van der Waals surface area (Å²) in [6, 6.07) is 10.0. The van der Waals surface area contributed by atoms with Crippen LogP contribution in [0.3, 0.4) is 0 Å². The molecule has 0 N–H and O–H groups in total. The number of nitriles is 1. The molecule has 1 aromatic carbocycles. The molecule has 0 heterocycles. The first-order valence-corrected chi connectivity index (χ1v) is 7.40. The summed E-state index contributed by atoms with van der Waals surface area (Å²) in [5.41, 5.74) is 1.13. The van der Waals surface area contributed by atoms with Crippen LogP contribution >= 0.6 is 11.6 Å². The van der Waals surface area contributed by atoms with Crippen molar-refractivity contribution in [2.75, 3.05) is 27.2 Å². The number of benzene rings is 1. The van der Waals surface area contributed by atoms with Gasteiger partial charge in [-0.15, -0.1) is 0 Å². The Hall–Kier alpha value is -1.57. The fourth-order valence-corrected chi connectivity index (χ4v) is 2.22. The molecule has 0 bridgehead atoms. The fourth-order valence-electron chi connectivity index (χ4n) is 2.02. The SMILES string of the molecule is CC(c1cccc(Cl)c1)N(C)CCC(=O)N(C)CCC#N. The molecule has 1 amide bonds. The summed E-state index contributed by atoms with van der Waals surface area (Å²) < 4.78 is 0. The lowest BCUT2D eigenvalue weighted by atomic mass is 10.1. The predicted molar refractivity (Wildman–Crippen MR) is 85.0 cm³/mol. The third kappa shape index (κ3) is 5.74.